The first-order chi connectivity index (χ1) is 12.5. The Morgan fingerprint density at radius 3 is 2.77 bits per heavy atom. The lowest BCUT2D eigenvalue weighted by Crippen LogP contribution is -2.52. The Balaban J connectivity index is 1.56. The molecule has 4 amide bonds. The van der Waals surface area contributed by atoms with E-state index in [0.29, 0.717) is 38.3 Å². The van der Waals surface area contributed by atoms with E-state index in [1.807, 2.05) is 13.0 Å². The summed E-state index contributed by atoms with van der Waals surface area (Å²) in [4.78, 5) is 39.8. The third-order valence-corrected chi connectivity index (χ3v) is 5.29. The van der Waals surface area contributed by atoms with Crippen LogP contribution in [0, 0.1) is 6.92 Å². The van der Waals surface area contributed by atoms with Gasteiger partial charge in [0.2, 0.25) is 0 Å². The predicted octanol–water partition coefficient (Wildman–Crippen LogP) is 1.24. The highest BCUT2D eigenvalue weighted by Gasteiger charge is 2.45. The van der Waals surface area contributed by atoms with E-state index >= 15 is 0 Å². The van der Waals surface area contributed by atoms with E-state index in [2.05, 4.69) is 10.6 Å². The molecule has 3 aliphatic heterocycles. The van der Waals surface area contributed by atoms with E-state index in [-0.39, 0.29) is 11.9 Å². The number of carbonyl (C=O) groups is 3. The number of piperidine rings is 1. The van der Waals surface area contributed by atoms with Gasteiger partial charge in [0.25, 0.3) is 5.91 Å². The van der Waals surface area contributed by atoms with Gasteiger partial charge in [-0.3, -0.25) is 9.69 Å². The summed E-state index contributed by atoms with van der Waals surface area (Å²) < 4.78 is 5.44. The highest BCUT2D eigenvalue weighted by Crippen LogP contribution is 2.30. The van der Waals surface area contributed by atoms with Gasteiger partial charge in [0.1, 0.15) is 5.60 Å². The van der Waals surface area contributed by atoms with Crippen LogP contribution < -0.4 is 15.5 Å². The average molecular weight is 358 g/mol. The van der Waals surface area contributed by atoms with Crippen LogP contribution in [0.1, 0.15) is 28.8 Å². The van der Waals surface area contributed by atoms with E-state index in [0.717, 1.165) is 24.1 Å². The van der Waals surface area contributed by atoms with Crippen molar-refractivity contribution in [3.63, 3.8) is 0 Å². The minimum absolute atomic E-state index is 0.104. The molecule has 0 saturated carbocycles. The van der Waals surface area contributed by atoms with Gasteiger partial charge in [-0.1, -0.05) is 6.07 Å². The van der Waals surface area contributed by atoms with Crippen molar-refractivity contribution in [3.8, 4) is 0 Å². The second-order valence-corrected chi connectivity index (χ2v) is 7.14. The third kappa shape index (κ3) is 2.85. The number of hydrogen-bond donors (Lipinski definition) is 2. The third-order valence-electron chi connectivity index (χ3n) is 5.29. The van der Waals surface area contributed by atoms with Gasteiger partial charge >= 0.3 is 12.1 Å². The minimum Gasteiger partial charge on any atom is -0.439 e. The number of nitrogens with one attached hydrogen (secondary N) is 2. The number of urea groups is 1. The quantitative estimate of drug-likeness (QED) is 0.832. The summed E-state index contributed by atoms with van der Waals surface area (Å²) in [6, 6.07) is 5.29. The van der Waals surface area contributed by atoms with E-state index in [9.17, 15) is 14.4 Å². The van der Waals surface area contributed by atoms with Crippen molar-refractivity contribution in [1.29, 1.82) is 0 Å². The molecule has 1 unspecified atom stereocenters. The molecule has 1 spiro atoms. The Hall–Kier alpha value is -2.77. The topological polar surface area (TPSA) is 91.0 Å². The number of nitrogens with zero attached hydrogens (tertiary/aromatic N) is 2. The second kappa shape index (κ2) is 6.19. The maximum absolute atomic E-state index is 13.0. The largest absolute Gasteiger partial charge is 0.439 e. The van der Waals surface area contributed by atoms with Crippen LogP contribution in [0.25, 0.3) is 0 Å². The van der Waals surface area contributed by atoms with Crippen LogP contribution in [0.5, 0.6) is 0 Å². The van der Waals surface area contributed by atoms with Crippen molar-refractivity contribution in [2.45, 2.75) is 25.4 Å². The maximum Gasteiger partial charge on any atom is 0.407 e. The number of anilines is 1. The number of aryl methyl sites for hydroxylation is 1. The standard InChI is InChI=1S/C18H22N4O4/c1-12-3-4-13(9-14(12)22-8-6-19-16(22)24)15(23)21-7-2-5-18(11-21)10-20-17(25)26-18/h3-4,9H,2,5-8,10-11H2,1H3,(H,19,24)(H,20,25). The van der Waals surface area contributed by atoms with E-state index < -0.39 is 11.7 Å². The number of carbonyl (C=O) groups excluding carboxylic acids is 3. The second-order valence-electron chi connectivity index (χ2n) is 7.14. The SMILES string of the molecule is Cc1ccc(C(=O)N2CCCC3(CNC(=O)O3)C2)cc1N1CCNC1=O. The van der Waals surface area contributed by atoms with Gasteiger partial charge in [-0.15, -0.1) is 0 Å². The Morgan fingerprint density at radius 1 is 1.23 bits per heavy atom. The van der Waals surface area contributed by atoms with Crippen molar-refractivity contribution in [2.24, 2.45) is 0 Å². The lowest BCUT2D eigenvalue weighted by atomic mass is 9.92. The fourth-order valence-corrected chi connectivity index (χ4v) is 3.92. The van der Waals surface area contributed by atoms with Gasteiger partial charge in [0, 0.05) is 30.9 Å². The fraction of sp³-hybridized carbons (Fsp3) is 0.500. The summed E-state index contributed by atoms with van der Waals surface area (Å²) in [5, 5.41) is 5.47. The van der Waals surface area contributed by atoms with Crippen molar-refractivity contribution in [3.05, 3.63) is 29.3 Å². The lowest BCUT2D eigenvalue weighted by molar-refractivity contribution is -0.00503. The average Bonchev–Trinajstić information content (AvgIpc) is 3.21. The Morgan fingerprint density at radius 2 is 2.08 bits per heavy atom. The van der Waals surface area contributed by atoms with Gasteiger partial charge < -0.3 is 20.3 Å². The maximum atomic E-state index is 13.0. The van der Waals surface area contributed by atoms with Crippen molar-refractivity contribution < 1.29 is 19.1 Å². The zero-order chi connectivity index (χ0) is 18.3. The molecule has 4 rings (SSSR count). The number of benzene rings is 1. The normalized spacial score (nSPS) is 25.3. The molecular formula is C18H22N4O4. The van der Waals surface area contributed by atoms with Crippen LogP contribution >= 0.6 is 0 Å². The Kier molecular flexibility index (Phi) is 3.97. The number of hydrogen-bond acceptors (Lipinski definition) is 4. The number of alkyl carbamates (subject to hydrolysis) is 1. The van der Waals surface area contributed by atoms with Gasteiger partial charge in [-0.05, 0) is 37.5 Å². The number of amides is 4. The van der Waals surface area contributed by atoms with Crippen LogP contribution in [0.15, 0.2) is 18.2 Å². The highest BCUT2D eigenvalue weighted by molar-refractivity contribution is 5.99. The molecule has 1 aromatic rings. The summed E-state index contributed by atoms with van der Waals surface area (Å²) in [6.07, 6.45) is 1.12. The van der Waals surface area contributed by atoms with Gasteiger partial charge in [0.05, 0.1) is 13.1 Å². The van der Waals surface area contributed by atoms with Crippen LogP contribution in [0.4, 0.5) is 15.3 Å². The molecule has 0 aliphatic carbocycles. The number of likely N-dealkylation sites (tertiary alicyclic amines) is 1. The highest BCUT2D eigenvalue weighted by atomic mass is 16.6. The Bertz CT molecular complexity index is 780. The fourth-order valence-electron chi connectivity index (χ4n) is 3.92. The van der Waals surface area contributed by atoms with Crippen molar-refractivity contribution in [2.75, 3.05) is 37.6 Å². The summed E-state index contributed by atoms with van der Waals surface area (Å²) in [5.41, 5.74) is 1.63. The molecule has 0 bridgehead atoms. The molecule has 2 N–H and O–H groups in total. The monoisotopic (exact) mass is 358 g/mol. The zero-order valence-electron chi connectivity index (χ0n) is 14.7. The molecular weight excluding hydrogens is 336 g/mol. The number of rotatable bonds is 2. The molecule has 0 radical (unpaired) electrons. The molecule has 3 fully saturated rings. The molecule has 3 aliphatic rings. The van der Waals surface area contributed by atoms with Crippen LogP contribution in [0.3, 0.4) is 0 Å². The van der Waals surface area contributed by atoms with Gasteiger partial charge in [-0.25, -0.2) is 9.59 Å². The summed E-state index contributed by atoms with van der Waals surface area (Å²) in [5.74, 6) is -0.104. The molecule has 1 aromatic carbocycles. The Labute approximate surface area is 151 Å². The minimum atomic E-state index is -0.618. The lowest BCUT2D eigenvalue weighted by Gasteiger charge is -2.38. The number of ether oxygens (including phenoxy) is 1. The van der Waals surface area contributed by atoms with Crippen molar-refractivity contribution >= 4 is 23.7 Å². The molecule has 8 heteroatoms. The first-order valence-corrected chi connectivity index (χ1v) is 8.90. The first-order valence-electron chi connectivity index (χ1n) is 8.90. The molecule has 26 heavy (non-hydrogen) atoms. The van der Waals surface area contributed by atoms with Crippen molar-refractivity contribution in [1.82, 2.24) is 15.5 Å². The van der Waals surface area contributed by atoms with Gasteiger partial charge in [-0.2, -0.15) is 0 Å². The summed E-state index contributed by atoms with van der Waals surface area (Å²) in [6.45, 7) is 4.57. The van der Waals surface area contributed by atoms with E-state index in [1.54, 1.807) is 21.9 Å². The van der Waals surface area contributed by atoms with Crippen LogP contribution in [-0.2, 0) is 4.74 Å². The molecule has 1 atom stereocenters. The van der Waals surface area contributed by atoms with E-state index in [1.165, 1.54) is 0 Å². The molecule has 3 saturated heterocycles. The molecule has 0 aromatic heterocycles. The molecule has 8 nitrogen and oxygen atoms in total. The first kappa shape index (κ1) is 16.7. The van der Waals surface area contributed by atoms with Crippen LogP contribution in [0.2, 0.25) is 0 Å². The molecule has 3 heterocycles. The molecule has 138 valence electrons. The smallest absolute Gasteiger partial charge is 0.407 e. The zero-order valence-corrected chi connectivity index (χ0v) is 14.7. The van der Waals surface area contributed by atoms with E-state index in [4.69, 9.17) is 4.74 Å². The summed E-state index contributed by atoms with van der Waals surface area (Å²) >= 11 is 0. The predicted molar refractivity (Wildman–Crippen MR) is 94.3 cm³/mol. The summed E-state index contributed by atoms with van der Waals surface area (Å²) in [7, 11) is 0. The van der Waals surface area contributed by atoms with Gasteiger partial charge in [0.15, 0.2) is 0 Å². The van der Waals surface area contributed by atoms with Crippen LogP contribution in [-0.4, -0.2) is 61.3 Å².